The highest BCUT2D eigenvalue weighted by Crippen LogP contribution is 2.38. The van der Waals surface area contributed by atoms with Crippen LogP contribution in [0.2, 0.25) is 0 Å². The Morgan fingerprint density at radius 1 is 1.37 bits per heavy atom. The molecule has 2 heterocycles. The van der Waals surface area contributed by atoms with Gasteiger partial charge in [-0.1, -0.05) is 18.2 Å². The van der Waals surface area contributed by atoms with E-state index in [1.54, 1.807) is 12.1 Å². The molecular weight excluding hydrogens is 260 g/mol. The number of rotatable bonds is 2. The van der Waals surface area contributed by atoms with Crippen molar-refractivity contribution in [2.24, 2.45) is 0 Å². The van der Waals surface area contributed by atoms with Crippen LogP contribution >= 0.6 is 11.3 Å². The maximum Gasteiger partial charge on any atom is 0.261 e. The van der Waals surface area contributed by atoms with Crippen LogP contribution in [0.15, 0.2) is 24.3 Å². The Morgan fingerprint density at radius 3 is 2.79 bits per heavy atom. The van der Waals surface area contributed by atoms with Gasteiger partial charge in [0.2, 0.25) is 0 Å². The Morgan fingerprint density at radius 2 is 2.11 bits per heavy atom. The molecule has 0 saturated carbocycles. The van der Waals surface area contributed by atoms with E-state index in [2.05, 4.69) is 10.3 Å². The van der Waals surface area contributed by atoms with Crippen molar-refractivity contribution in [3.05, 3.63) is 45.4 Å². The molecule has 3 rings (SSSR count). The minimum absolute atomic E-state index is 0.217. The van der Waals surface area contributed by atoms with Crippen LogP contribution in [-0.4, -0.2) is 16.0 Å². The van der Waals surface area contributed by atoms with E-state index in [4.69, 9.17) is 0 Å². The number of para-hydroxylation sites is 1. The van der Waals surface area contributed by atoms with E-state index < -0.39 is 5.60 Å². The predicted octanol–water partition coefficient (Wildman–Crippen LogP) is 2.14. The number of carbonyl (C=O) groups excluding carboxylic acids is 1. The number of aliphatic hydroxyl groups is 1. The van der Waals surface area contributed by atoms with Crippen LogP contribution in [0.25, 0.3) is 0 Å². The summed E-state index contributed by atoms with van der Waals surface area (Å²) >= 11 is 1.53. The van der Waals surface area contributed by atoms with Gasteiger partial charge in [0.25, 0.3) is 5.91 Å². The van der Waals surface area contributed by atoms with Crippen LogP contribution in [0.1, 0.15) is 21.1 Å². The molecule has 0 saturated heterocycles. The topological polar surface area (TPSA) is 62.2 Å². The quantitative estimate of drug-likeness (QED) is 0.882. The summed E-state index contributed by atoms with van der Waals surface area (Å²) in [6.07, 6.45) is 0.217. The first kappa shape index (κ1) is 12.3. The lowest BCUT2D eigenvalue weighted by molar-refractivity contribution is -0.133. The molecule has 0 spiro atoms. The van der Waals surface area contributed by atoms with E-state index in [0.717, 1.165) is 15.6 Å². The van der Waals surface area contributed by atoms with Gasteiger partial charge in [0.15, 0.2) is 5.60 Å². The number of fused-ring (bicyclic) bond motifs is 1. The van der Waals surface area contributed by atoms with Gasteiger partial charge in [-0.2, -0.15) is 0 Å². The van der Waals surface area contributed by atoms with Gasteiger partial charge >= 0.3 is 0 Å². The molecule has 1 aromatic carbocycles. The average molecular weight is 274 g/mol. The summed E-state index contributed by atoms with van der Waals surface area (Å²) in [6.45, 7) is 3.92. The number of carbonyl (C=O) groups is 1. The number of nitrogens with one attached hydrogen (secondary N) is 1. The van der Waals surface area contributed by atoms with Gasteiger partial charge in [-0.05, 0) is 19.9 Å². The number of benzene rings is 1. The lowest BCUT2D eigenvalue weighted by Gasteiger charge is -2.19. The predicted molar refractivity (Wildman–Crippen MR) is 74.3 cm³/mol. The van der Waals surface area contributed by atoms with Gasteiger partial charge in [-0.3, -0.25) is 4.79 Å². The van der Waals surface area contributed by atoms with Gasteiger partial charge in [0.1, 0.15) is 0 Å². The van der Waals surface area contributed by atoms with Crippen molar-refractivity contribution in [2.75, 3.05) is 5.32 Å². The molecule has 98 valence electrons. The molecule has 1 aromatic heterocycles. The fraction of sp³-hybridized carbons (Fsp3) is 0.286. The highest BCUT2D eigenvalue weighted by atomic mass is 32.1. The number of hydrogen-bond donors (Lipinski definition) is 2. The van der Waals surface area contributed by atoms with Crippen molar-refractivity contribution in [3.8, 4) is 0 Å². The molecule has 4 nitrogen and oxygen atoms in total. The summed E-state index contributed by atoms with van der Waals surface area (Å²) in [5.41, 5.74) is 0.758. The molecule has 0 aliphatic carbocycles. The Balaban J connectivity index is 2.01. The normalized spacial score (nSPS) is 21.3. The molecule has 1 aliphatic rings. The summed E-state index contributed by atoms with van der Waals surface area (Å²) in [4.78, 5) is 17.6. The zero-order valence-electron chi connectivity index (χ0n) is 10.7. The first-order valence-corrected chi connectivity index (χ1v) is 6.88. The van der Waals surface area contributed by atoms with Crippen molar-refractivity contribution in [1.29, 1.82) is 0 Å². The lowest BCUT2D eigenvalue weighted by Crippen LogP contribution is -2.36. The second-order valence-electron chi connectivity index (χ2n) is 4.79. The second-order valence-corrected chi connectivity index (χ2v) is 6.07. The third-order valence-corrected chi connectivity index (χ3v) is 4.55. The van der Waals surface area contributed by atoms with Crippen LogP contribution in [0.5, 0.6) is 0 Å². The molecule has 5 heteroatoms. The summed E-state index contributed by atoms with van der Waals surface area (Å²) in [5, 5.41) is 14.2. The third kappa shape index (κ3) is 1.86. The maximum absolute atomic E-state index is 12.1. The Bertz CT molecular complexity index is 646. The molecule has 19 heavy (non-hydrogen) atoms. The standard InChI is InChI=1S/C14H14N2O2S/c1-8-9(2)19-12(15-8)7-14(18)10-5-3-4-6-11(10)16-13(14)17/h3-6,18H,7H2,1-2H3,(H,16,17). The van der Waals surface area contributed by atoms with Crippen molar-refractivity contribution in [3.63, 3.8) is 0 Å². The first-order chi connectivity index (χ1) is 9.00. The van der Waals surface area contributed by atoms with Crippen LogP contribution in [0, 0.1) is 13.8 Å². The van der Waals surface area contributed by atoms with Crippen molar-refractivity contribution in [2.45, 2.75) is 25.9 Å². The van der Waals surface area contributed by atoms with Gasteiger partial charge in [0, 0.05) is 22.5 Å². The van der Waals surface area contributed by atoms with Gasteiger partial charge in [0.05, 0.1) is 10.7 Å². The third-order valence-electron chi connectivity index (χ3n) is 3.48. The SMILES string of the molecule is Cc1nc(CC2(O)C(=O)Nc3ccccc32)sc1C. The minimum atomic E-state index is -1.51. The van der Waals surface area contributed by atoms with Crippen LogP contribution in [0.3, 0.4) is 0 Å². The van der Waals surface area contributed by atoms with E-state index in [9.17, 15) is 9.90 Å². The summed E-state index contributed by atoms with van der Waals surface area (Å²) in [5.74, 6) is -0.376. The van der Waals surface area contributed by atoms with E-state index in [0.29, 0.717) is 11.3 Å². The van der Waals surface area contributed by atoms with Gasteiger partial charge in [-0.25, -0.2) is 4.98 Å². The number of aromatic nitrogens is 1. The smallest absolute Gasteiger partial charge is 0.261 e. The monoisotopic (exact) mass is 274 g/mol. The van der Waals surface area contributed by atoms with Crippen molar-refractivity contribution < 1.29 is 9.90 Å². The molecule has 2 aromatic rings. The Labute approximate surface area is 115 Å². The second kappa shape index (κ2) is 4.15. The molecule has 0 radical (unpaired) electrons. The fourth-order valence-corrected chi connectivity index (χ4v) is 3.32. The van der Waals surface area contributed by atoms with Crippen molar-refractivity contribution >= 4 is 22.9 Å². The average Bonchev–Trinajstić information content (AvgIpc) is 2.80. The molecule has 1 atom stereocenters. The largest absolute Gasteiger partial charge is 0.375 e. The molecule has 2 N–H and O–H groups in total. The van der Waals surface area contributed by atoms with Crippen molar-refractivity contribution in [1.82, 2.24) is 4.98 Å². The van der Waals surface area contributed by atoms with E-state index in [1.165, 1.54) is 11.3 Å². The summed E-state index contributed by atoms with van der Waals surface area (Å²) in [6, 6.07) is 7.23. The first-order valence-electron chi connectivity index (χ1n) is 6.07. The molecule has 1 amide bonds. The minimum Gasteiger partial charge on any atom is -0.375 e. The molecule has 1 unspecified atom stereocenters. The summed E-state index contributed by atoms with van der Waals surface area (Å²) < 4.78 is 0. The van der Waals surface area contributed by atoms with E-state index in [1.807, 2.05) is 26.0 Å². The van der Waals surface area contributed by atoms with Crippen LogP contribution < -0.4 is 5.32 Å². The highest BCUT2D eigenvalue weighted by Gasteiger charge is 2.45. The molecule has 0 bridgehead atoms. The Hall–Kier alpha value is -1.72. The van der Waals surface area contributed by atoms with Gasteiger partial charge in [-0.15, -0.1) is 11.3 Å². The number of nitrogens with zero attached hydrogens (tertiary/aromatic N) is 1. The molecular formula is C14H14N2O2S. The number of thiazole rings is 1. The zero-order valence-corrected chi connectivity index (χ0v) is 11.5. The maximum atomic E-state index is 12.1. The lowest BCUT2D eigenvalue weighted by atomic mass is 9.92. The molecule has 0 fully saturated rings. The zero-order chi connectivity index (χ0) is 13.6. The number of anilines is 1. The van der Waals surface area contributed by atoms with Crippen LogP contribution in [-0.2, 0) is 16.8 Å². The Kier molecular flexibility index (Phi) is 2.69. The summed E-state index contributed by atoms with van der Waals surface area (Å²) in [7, 11) is 0. The highest BCUT2D eigenvalue weighted by molar-refractivity contribution is 7.11. The number of hydrogen-bond acceptors (Lipinski definition) is 4. The van der Waals surface area contributed by atoms with Gasteiger partial charge < -0.3 is 10.4 Å². The van der Waals surface area contributed by atoms with E-state index in [-0.39, 0.29) is 12.3 Å². The number of aryl methyl sites for hydroxylation is 2. The van der Waals surface area contributed by atoms with E-state index >= 15 is 0 Å². The fourth-order valence-electron chi connectivity index (χ4n) is 2.31. The van der Waals surface area contributed by atoms with Crippen LogP contribution in [0.4, 0.5) is 5.69 Å². The molecule has 1 aliphatic heterocycles. The number of amides is 1.